The van der Waals surface area contributed by atoms with Crippen LogP contribution >= 0.6 is 0 Å². The summed E-state index contributed by atoms with van der Waals surface area (Å²) in [4.78, 5) is 0. The van der Waals surface area contributed by atoms with Crippen LogP contribution in [0.3, 0.4) is 0 Å². The first-order chi connectivity index (χ1) is 11.9. The molecule has 3 heteroatoms. The number of hydrogen-bond acceptors (Lipinski definition) is 0. The van der Waals surface area contributed by atoms with Crippen LogP contribution in [-0.4, -0.2) is 0 Å². The molecule has 0 fully saturated rings. The van der Waals surface area contributed by atoms with Crippen LogP contribution in [0.1, 0.15) is 47.6 Å². The molecule has 0 amide bonds. The van der Waals surface area contributed by atoms with Crippen LogP contribution in [-0.2, 0) is 105 Å². The zero-order chi connectivity index (χ0) is 18.0. The van der Waals surface area contributed by atoms with Gasteiger partial charge in [0.25, 0.3) is 0 Å². The first-order valence-electron chi connectivity index (χ1n) is 8.96. The predicted molar refractivity (Wildman–Crippen MR) is 129 cm³/mol. The molecule has 0 spiro atoms. The van der Waals surface area contributed by atoms with Gasteiger partial charge in [-0.2, -0.15) is 36.4 Å². The van der Waals surface area contributed by atoms with E-state index in [1.54, 1.807) is 0 Å². The fourth-order valence-corrected chi connectivity index (χ4v) is 2.07. The fraction of sp³-hybridized carbons (Fsp3) is 0.259. The molecular weight excluding hydrogens is 591 g/mol. The summed E-state index contributed by atoms with van der Waals surface area (Å²) in [5.74, 6) is 0. The van der Waals surface area contributed by atoms with Gasteiger partial charge in [0, 0.05) is 98.1 Å². The standard InChI is InChI=1S/C14H14.C6H5.2C2H6.CH4.2CH3.3Y/c1-2-12-8-6-7-11-14(12)13-9-4-3-5-10-13;1-2-4-6-5-3-1;2*1-2;;;;;;/h3-11H,2H2,1H3;1-5H;2*1-2H3;1H4;2*1H3;;;/q;-1;;;;2*-1;;;. The summed E-state index contributed by atoms with van der Waals surface area (Å²) in [6, 6.07) is 31.6. The van der Waals surface area contributed by atoms with Crippen molar-refractivity contribution in [1.29, 1.82) is 0 Å². The van der Waals surface area contributed by atoms with Crippen LogP contribution in [0.2, 0.25) is 0 Å². The zero-order valence-corrected chi connectivity index (χ0v) is 28.0. The molecule has 0 saturated heterocycles. The number of hydrogen-bond donors (Lipinski definition) is 0. The molecule has 0 saturated carbocycles. The average molecular weight is 632 g/mol. The molecule has 3 radical (unpaired) electrons. The van der Waals surface area contributed by atoms with Gasteiger partial charge in [-0.25, -0.2) is 0 Å². The third kappa shape index (κ3) is 22.2. The summed E-state index contributed by atoms with van der Waals surface area (Å²) >= 11 is 0. The second-order valence-electron chi connectivity index (χ2n) is 4.45. The molecule has 0 aromatic heterocycles. The van der Waals surface area contributed by atoms with E-state index in [1.165, 1.54) is 16.7 Å². The van der Waals surface area contributed by atoms with Gasteiger partial charge >= 0.3 is 0 Å². The van der Waals surface area contributed by atoms with Crippen molar-refractivity contribution >= 4 is 0 Å². The Morgan fingerprint density at radius 3 is 1.37 bits per heavy atom. The van der Waals surface area contributed by atoms with Crippen molar-refractivity contribution in [3.8, 4) is 11.1 Å². The normalized spacial score (nSPS) is 6.70. The minimum Gasteiger partial charge on any atom is -0.358 e. The van der Waals surface area contributed by atoms with Gasteiger partial charge in [0.05, 0.1) is 0 Å². The predicted octanol–water partition coefficient (Wildman–Crippen LogP) is 8.98. The molecule has 30 heavy (non-hydrogen) atoms. The number of aryl methyl sites for hydroxylation is 1. The van der Waals surface area contributed by atoms with Gasteiger partial charge in [-0.05, 0) is 23.1 Å². The SMILES string of the molecule is C.CC.CC.CCc1ccccc1-c1ccccc1.[CH3-].[CH3-].[Y].[Y].[Y].[c-]1ccccc1. The topological polar surface area (TPSA) is 0 Å². The van der Waals surface area contributed by atoms with Crippen molar-refractivity contribution in [2.45, 2.75) is 48.5 Å². The van der Waals surface area contributed by atoms with Crippen LogP contribution in [0.25, 0.3) is 11.1 Å². The summed E-state index contributed by atoms with van der Waals surface area (Å²) in [7, 11) is 0. The Morgan fingerprint density at radius 2 is 1.00 bits per heavy atom. The van der Waals surface area contributed by atoms with Gasteiger partial charge in [-0.1, -0.05) is 96.6 Å². The van der Waals surface area contributed by atoms with Gasteiger partial charge in [0.2, 0.25) is 0 Å². The van der Waals surface area contributed by atoms with Crippen molar-refractivity contribution in [2.75, 3.05) is 0 Å². The maximum atomic E-state index is 2.89. The zero-order valence-electron chi connectivity index (χ0n) is 19.5. The van der Waals surface area contributed by atoms with Crippen LogP contribution < -0.4 is 0 Å². The molecule has 3 aromatic carbocycles. The van der Waals surface area contributed by atoms with Gasteiger partial charge in [0.1, 0.15) is 0 Å². The molecule has 0 atom stereocenters. The Balaban J connectivity index is -0.0000000579. The monoisotopic (exact) mass is 632 g/mol. The minimum atomic E-state index is 0. The van der Waals surface area contributed by atoms with Gasteiger partial charge in [0.15, 0.2) is 0 Å². The third-order valence-electron chi connectivity index (χ3n) is 3.09. The number of rotatable bonds is 2. The van der Waals surface area contributed by atoms with Crippen LogP contribution in [0.4, 0.5) is 0 Å². The molecular formula is C27H41Y3-3. The Morgan fingerprint density at radius 1 is 0.600 bits per heavy atom. The van der Waals surface area contributed by atoms with Crippen molar-refractivity contribution in [2.24, 2.45) is 0 Å². The minimum absolute atomic E-state index is 0. The molecule has 0 aliphatic heterocycles. The maximum absolute atomic E-state index is 2.89. The summed E-state index contributed by atoms with van der Waals surface area (Å²) in [5.41, 5.74) is 4.08. The summed E-state index contributed by atoms with van der Waals surface area (Å²) < 4.78 is 0. The van der Waals surface area contributed by atoms with Gasteiger partial charge < -0.3 is 14.9 Å². The molecule has 3 rings (SSSR count). The van der Waals surface area contributed by atoms with Crippen molar-refractivity contribution in [3.05, 3.63) is 111 Å². The van der Waals surface area contributed by atoms with E-state index in [2.05, 4.69) is 67.6 Å². The van der Waals surface area contributed by atoms with E-state index in [9.17, 15) is 0 Å². The summed E-state index contributed by atoms with van der Waals surface area (Å²) in [6.07, 6.45) is 1.09. The summed E-state index contributed by atoms with van der Waals surface area (Å²) in [5, 5.41) is 0. The Labute approximate surface area is 265 Å². The first-order valence-corrected chi connectivity index (χ1v) is 8.96. The molecule has 0 nitrogen and oxygen atoms in total. The molecule has 0 aliphatic rings. The second-order valence-corrected chi connectivity index (χ2v) is 4.45. The van der Waals surface area contributed by atoms with E-state index in [0.717, 1.165) is 6.42 Å². The average Bonchev–Trinajstić information content (AvgIpc) is 2.73. The molecule has 0 unspecified atom stereocenters. The van der Waals surface area contributed by atoms with Crippen LogP contribution in [0, 0.1) is 20.9 Å². The van der Waals surface area contributed by atoms with Crippen LogP contribution in [0.15, 0.2) is 84.9 Å². The third-order valence-corrected chi connectivity index (χ3v) is 3.09. The first kappa shape index (κ1) is 48.4. The van der Waals surface area contributed by atoms with E-state index in [-0.39, 0.29) is 120 Å². The van der Waals surface area contributed by atoms with Crippen molar-refractivity contribution in [3.63, 3.8) is 0 Å². The van der Waals surface area contributed by atoms with Gasteiger partial charge in [-0.3, -0.25) is 0 Å². The fourth-order valence-electron chi connectivity index (χ4n) is 2.07. The van der Waals surface area contributed by atoms with Crippen molar-refractivity contribution < 1.29 is 98.1 Å². The number of benzene rings is 3. The van der Waals surface area contributed by atoms with Crippen molar-refractivity contribution in [1.82, 2.24) is 0 Å². The van der Waals surface area contributed by atoms with Gasteiger partial charge in [-0.15, -0.1) is 0 Å². The van der Waals surface area contributed by atoms with E-state index < -0.39 is 0 Å². The van der Waals surface area contributed by atoms with E-state index >= 15 is 0 Å². The van der Waals surface area contributed by atoms with E-state index in [0.29, 0.717) is 0 Å². The largest absolute Gasteiger partial charge is 0.358 e. The molecule has 3 aromatic rings. The second kappa shape index (κ2) is 37.3. The Bertz CT molecular complexity index is 585. The van der Waals surface area contributed by atoms with E-state index in [1.807, 2.05) is 58.0 Å². The Hall–Kier alpha value is 0.972. The quantitative estimate of drug-likeness (QED) is 0.248. The Kier molecular flexibility index (Phi) is 60.2. The van der Waals surface area contributed by atoms with Crippen LogP contribution in [0.5, 0.6) is 0 Å². The molecule has 161 valence electrons. The maximum Gasteiger partial charge on any atom is 0 e. The summed E-state index contributed by atoms with van der Waals surface area (Å²) in [6.45, 7) is 10.2. The smallest absolute Gasteiger partial charge is 0 e. The molecule has 0 bridgehead atoms. The molecule has 0 aliphatic carbocycles. The molecule has 0 heterocycles. The van der Waals surface area contributed by atoms with E-state index in [4.69, 9.17) is 0 Å². The molecule has 0 N–H and O–H groups in total.